The number of imidazole rings is 1. The average Bonchev–Trinajstić information content (AvgIpc) is 3.42. The Balaban J connectivity index is 1.19. The van der Waals surface area contributed by atoms with Crippen LogP contribution in [-0.4, -0.2) is 51.0 Å². The summed E-state index contributed by atoms with van der Waals surface area (Å²) in [5.74, 6) is 0.875. The number of ether oxygens (including phenoxy) is 1. The molecule has 0 saturated carbocycles. The van der Waals surface area contributed by atoms with E-state index in [2.05, 4.69) is 16.0 Å². The highest BCUT2D eigenvalue weighted by Crippen LogP contribution is 2.29. The Morgan fingerprint density at radius 1 is 0.911 bits per heavy atom. The van der Waals surface area contributed by atoms with E-state index in [1.165, 1.54) is 0 Å². The van der Waals surface area contributed by atoms with Crippen LogP contribution in [0.2, 0.25) is 0 Å². The summed E-state index contributed by atoms with van der Waals surface area (Å²) in [6.45, 7) is 7.47. The number of alkyl halides is 3. The summed E-state index contributed by atoms with van der Waals surface area (Å²) in [4.78, 5) is 35.8. The van der Waals surface area contributed by atoms with Crippen molar-refractivity contribution < 1.29 is 27.5 Å². The van der Waals surface area contributed by atoms with Crippen molar-refractivity contribution >= 4 is 23.2 Å². The van der Waals surface area contributed by atoms with E-state index in [0.717, 1.165) is 66.2 Å². The molecule has 0 amide bonds. The van der Waals surface area contributed by atoms with Crippen LogP contribution in [0.5, 0.6) is 0 Å². The van der Waals surface area contributed by atoms with Crippen molar-refractivity contribution in [3.63, 3.8) is 0 Å². The standard InChI is InChI=1S/C35H39F3N4O3/c1-34(2,3)45-33(44)10-7-24-12-16-41(17-13-24)31-9-8-28(22-39-31)26-14-18-42-30(23-40-32(42)21-26)27-6-4-5-25(19-27)20-29(43)11-15-35(36,37)38/h4-6,8-9,14,18-19,21-24H,7,10-13,15-17,20H2,1-3H3. The van der Waals surface area contributed by atoms with Crippen LogP contribution in [0.25, 0.3) is 28.0 Å². The second-order valence-corrected chi connectivity index (χ2v) is 12.8. The quantitative estimate of drug-likeness (QED) is 0.168. The second kappa shape index (κ2) is 13.4. The molecule has 3 aromatic heterocycles. The number of esters is 1. The molecule has 1 aliphatic heterocycles. The van der Waals surface area contributed by atoms with Gasteiger partial charge < -0.3 is 9.64 Å². The number of halogens is 3. The molecule has 1 aromatic carbocycles. The van der Waals surface area contributed by atoms with E-state index in [-0.39, 0.29) is 12.4 Å². The number of aromatic nitrogens is 3. The Morgan fingerprint density at radius 3 is 2.38 bits per heavy atom. The molecule has 5 rings (SSSR count). The lowest BCUT2D eigenvalue weighted by molar-refractivity contribution is -0.155. The van der Waals surface area contributed by atoms with Gasteiger partial charge in [0, 0.05) is 55.9 Å². The van der Waals surface area contributed by atoms with E-state index in [1.54, 1.807) is 18.3 Å². The summed E-state index contributed by atoms with van der Waals surface area (Å²) in [6.07, 6.45) is 2.90. The van der Waals surface area contributed by atoms with Gasteiger partial charge in [-0.2, -0.15) is 13.2 Å². The maximum absolute atomic E-state index is 12.5. The summed E-state index contributed by atoms with van der Waals surface area (Å²) in [5.41, 5.74) is 4.56. The predicted molar refractivity (Wildman–Crippen MR) is 168 cm³/mol. The van der Waals surface area contributed by atoms with Crippen molar-refractivity contribution in [1.29, 1.82) is 0 Å². The molecular formula is C35H39F3N4O3. The van der Waals surface area contributed by atoms with E-state index in [0.29, 0.717) is 17.9 Å². The van der Waals surface area contributed by atoms with E-state index >= 15 is 0 Å². The van der Waals surface area contributed by atoms with Gasteiger partial charge in [-0.05, 0) is 87.4 Å². The molecular weight excluding hydrogens is 581 g/mol. The first-order chi connectivity index (χ1) is 21.3. The van der Waals surface area contributed by atoms with Crippen LogP contribution < -0.4 is 4.90 Å². The van der Waals surface area contributed by atoms with Crippen LogP contribution >= 0.6 is 0 Å². The fourth-order valence-corrected chi connectivity index (χ4v) is 5.72. The predicted octanol–water partition coefficient (Wildman–Crippen LogP) is 7.86. The smallest absolute Gasteiger partial charge is 0.389 e. The van der Waals surface area contributed by atoms with Crippen LogP contribution in [0, 0.1) is 5.92 Å². The van der Waals surface area contributed by atoms with Crippen molar-refractivity contribution in [2.45, 2.75) is 77.5 Å². The zero-order valence-electron chi connectivity index (χ0n) is 25.9. The zero-order chi connectivity index (χ0) is 32.2. The highest BCUT2D eigenvalue weighted by Gasteiger charge is 2.28. The van der Waals surface area contributed by atoms with E-state index < -0.39 is 30.4 Å². The van der Waals surface area contributed by atoms with E-state index in [1.807, 2.05) is 67.9 Å². The Labute approximate surface area is 261 Å². The maximum Gasteiger partial charge on any atom is 0.389 e. The van der Waals surface area contributed by atoms with Gasteiger partial charge in [0.15, 0.2) is 0 Å². The molecule has 0 radical (unpaired) electrons. The van der Waals surface area contributed by atoms with Gasteiger partial charge in [0.2, 0.25) is 0 Å². The third kappa shape index (κ3) is 8.93. The molecule has 1 saturated heterocycles. The summed E-state index contributed by atoms with van der Waals surface area (Å²) in [7, 11) is 0. The lowest BCUT2D eigenvalue weighted by Gasteiger charge is -2.33. The molecule has 0 unspecified atom stereocenters. The number of hydrogen-bond acceptors (Lipinski definition) is 6. The number of anilines is 1. The maximum atomic E-state index is 12.5. The minimum atomic E-state index is -4.34. The van der Waals surface area contributed by atoms with Crippen LogP contribution in [-0.2, 0) is 20.7 Å². The van der Waals surface area contributed by atoms with Crippen molar-refractivity contribution in [1.82, 2.24) is 14.4 Å². The SMILES string of the molecule is CC(C)(C)OC(=O)CCC1CCN(c2ccc(-c3ccn4c(-c5cccc(CC(=O)CCC(F)(F)F)c5)cnc4c3)cn2)CC1. The number of piperidine rings is 1. The number of pyridine rings is 2. The number of carbonyl (C=O) groups is 2. The third-order valence-electron chi connectivity index (χ3n) is 8.02. The van der Waals surface area contributed by atoms with Crippen LogP contribution in [0.3, 0.4) is 0 Å². The Kier molecular flexibility index (Phi) is 9.60. The summed E-state index contributed by atoms with van der Waals surface area (Å²) in [6, 6.07) is 15.4. The number of rotatable bonds is 10. The minimum absolute atomic E-state index is 0.0418. The molecule has 4 heterocycles. The van der Waals surface area contributed by atoms with E-state index in [9.17, 15) is 22.8 Å². The first kappa shape index (κ1) is 32.2. The molecule has 7 nitrogen and oxygen atoms in total. The number of carbonyl (C=O) groups excluding carboxylic acids is 2. The molecule has 4 aromatic rings. The molecule has 0 bridgehead atoms. The molecule has 1 aliphatic rings. The van der Waals surface area contributed by atoms with Gasteiger partial charge in [-0.3, -0.25) is 14.0 Å². The molecule has 0 atom stereocenters. The first-order valence-electron chi connectivity index (χ1n) is 15.4. The molecule has 1 fully saturated rings. The van der Waals surface area contributed by atoms with Gasteiger partial charge in [0.25, 0.3) is 0 Å². The normalized spacial score (nSPS) is 14.6. The topological polar surface area (TPSA) is 76.8 Å². The van der Waals surface area contributed by atoms with Crippen LogP contribution in [0.1, 0.15) is 64.9 Å². The molecule has 0 spiro atoms. The number of ketones is 1. The summed E-state index contributed by atoms with van der Waals surface area (Å²) in [5, 5.41) is 0. The fraction of sp³-hybridized carbons (Fsp3) is 0.429. The van der Waals surface area contributed by atoms with Crippen molar-refractivity contribution in [3.05, 3.63) is 72.7 Å². The molecule has 45 heavy (non-hydrogen) atoms. The Morgan fingerprint density at radius 2 is 1.69 bits per heavy atom. The second-order valence-electron chi connectivity index (χ2n) is 12.8. The number of hydrogen-bond donors (Lipinski definition) is 0. The van der Waals surface area contributed by atoms with Gasteiger partial charge in [-0.15, -0.1) is 0 Å². The third-order valence-corrected chi connectivity index (χ3v) is 8.02. The number of benzene rings is 1. The minimum Gasteiger partial charge on any atom is -0.460 e. The van der Waals surface area contributed by atoms with Gasteiger partial charge in [-0.25, -0.2) is 9.97 Å². The van der Waals surface area contributed by atoms with Gasteiger partial charge in [0.1, 0.15) is 22.8 Å². The Bertz CT molecular complexity index is 1630. The number of Topliss-reactive ketones (excluding diaryl/α,β-unsaturated/α-hetero) is 1. The van der Waals surface area contributed by atoms with Crippen LogP contribution in [0.15, 0.2) is 67.1 Å². The fourth-order valence-electron chi connectivity index (χ4n) is 5.72. The largest absolute Gasteiger partial charge is 0.460 e. The Hall–Kier alpha value is -4.21. The lowest BCUT2D eigenvalue weighted by Crippen LogP contribution is -2.34. The van der Waals surface area contributed by atoms with Crippen LogP contribution in [0.4, 0.5) is 19.0 Å². The molecule has 0 aliphatic carbocycles. The highest BCUT2D eigenvalue weighted by molar-refractivity contribution is 5.81. The van der Waals surface area contributed by atoms with Crippen molar-refractivity contribution in [2.75, 3.05) is 18.0 Å². The highest BCUT2D eigenvalue weighted by atomic mass is 19.4. The number of fused-ring (bicyclic) bond motifs is 1. The van der Waals surface area contributed by atoms with Gasteiger partial charge >= 0.3 is 12.1 Å². The molecule has 10 heteroatoms. The monoisotopic (exact) mass is 620 g/mol. The van der Waals surface area contributed by atoms with Crippen molar-refractivity contribution in [2.24, 2.45) is 5.92 Å². The van der Waals surface area contributed by atoms with Gasteiger partial charge in [0.05, 0.1) is 18.3 Å². The summed E-state index contributed by atoms with van der Waals surface area (Å²) >= 11 is 0. The summed E-state index contributed by atoms with van der Waals surface area (Å²) < 4.78 is 44.9. The van der Waals surface area contributed by atoms with Crippen molar-refractivity contribution in [3.8, 4) is 22.4 Å². The number of nitrogens with zero attached hydrogens (tertiary/aromatic N) is 4. The molecule has 0 N–H and O–H groups in total. The average molecular weight is 621 g/mol. The van der Waals surface area contributed by atoms with Gasteiger partial charge in [-0.1, -0.05) is 18.2 Å². The lowest BCUT2D eigenvalue weighted by atomic mass is 9.92. The zero-order valence-corrected chi connectivity index (χ0v) is 25.9. The van der Waals surface area contributed by atoms with E-state index in [4.69, 9.17) is 9.72 Å². The first-order valence-corrected chi connectivity index (χ1v) is 15.4. The molecule has 238 valence electrons.